The SMILES string of the molecule is Cc1ccc(C(=O)c2oc3cc(OCC(O)CO)ccc3c2NC(N)=O)c(Cl)c1. The van der Waals surface area contributed by atoms with Gasteiger partial charge in [-0.3, -0.25) is 4.79 Å². The zero-order chi connectivity index (χ0) is 21.1. The van der Waals surface area contributed by atoms with Crippen LogP contribution in [0.1, 0.15) is 21.7 Å². The van der Waals surface area contributed by atoms with Gasteiger partial charge in [0.05, 0.1) is 11.6 Å². The first kappa shape index (κ1) is 20.7. The lowest BCUT2D eigenvalue weighted by molar-refractivity contribution is 0.0536. The Labute approximate surface area is 170 Å². The molecule has 0 saturated heterocycles. The van der Waals surface area contributed by atoms with Gasteiger partial charge in [0.1, 0.15) is 29.7 Å². The lowest BCUT2D eigenvalue weighted by Gasteiger charge is -2.09. The predicted octanol–water partition coefficient (Wildman–Crippen LogP) is 2.85. The second kappa shape index (κ2) is 8.52. The Morgan fingerprint density at radius 1 is 1.28 bits per heavy atom. The molecule has 0 spiro atoms. The zero-order valence-corrected chi connectivity index (χ0v) is 16.2. The Balaban J connectivity index is 2.04. The number of nitrogens with two attached hydrogens (primary N) is 1. The van der Waals surface area contributed by atoms with Crippen molar-refractivity contribution in [2.24, 2.45) is 5.73 Å². The van der Waals surface area contributed by atoms with Gasteiger partial charge in [0.15, 0.2) is 5.76 Å². The number of ketones is 1. The number of aliphatic hydroxyl groups excluding tert-OH is 2. The quantitative estimate of drug-likeness (QED) is 0.436. The first-order valence-corrected chi connectivity index (χ1v) is 9.03. The Kier molecular flexibility index (Phi) is 6.07. The van der Waals surface area contributed by atoms with Crippen molar-refractivity contribution in [3.05, 3.63) is 58.3 Å². The van der Waals surface area contributed by atoms with Crippen LogP contribution in [0.25, 0.3) is 11.0 Å². The number of hydrogen-bond acceptors (Lipinski definition) is 6. The van der Waals surface area contributed by atoms with E-state index in [9.17, 15) is 14.7 Å². The van der Waals surface area contributed by atoms with E-state index in [1.54, 1.807) is 30.3 Å². The number of urea groups is 1. The number of halogens is 1. The molecule has 3 aromatic rings. The Hall–Kier alpha value is -3.07. The van der Waals surface area contributed by atoms with Crippen molar-refractivity contribution in [3.8, 4) is 5.75 Å². The highest BCUT2D eigenvalue weighted by atomic mass is 35.5. The van der Waals surface area contributed by atoms with Crippen LogP contribution in [0.5, 0.6) is 5.75 Å². The second-order valence-electron chi connectivity index (χ2n) is 6.41. The molecule has 1 aromatic heterocycles. The molecule has 1 atom stereocenters. The molecule has 8 nitrogen and oxygen atoms in total. The number of ether oxygens (including phenoxy) is 1. The lowest BCUT2D eigenvalue weighted by atomic mass is 10.1. The van der Waals surface area contributed by atoms with Gasteiger partial charge in [-0.15, -0.1) is 0 Å². The number of aryl methyl sites for hydroxylation is 1. The zero-order valence-electron chi connectivity index (χ0n) is 15.4. The number of rotatable bonds is 7. The minimum atomic E-state index is -1.03. The molecule has 29 heavy (non-hydrogen) atoms. The van der Waals surface area contributed by atoms with Gasteiger partial charge in [0, 0.05) is 17.0 Å². The molecule has 0 aliphatic rings. The van der Waals surface area contributed by atoms with Crippen LogP contribution in [-0.2, 0) is 0 Å². The third-order valence-electron chi connectivity index (χ3n) is 4.14. The molecular formula is C20H19ClN2O6. The van der Waals surface area contributed by atoms with Gasteiger partial charge in [-0.25, -0.2) is 4.79 Å². The molecule has 0 aliphatic carbocycles. The molecule has 0 aliphatic heterocycles. The van der Waals surface area contributed by atoms with Crippen molar-refractivity contribution in [1.82, 2.24) is 0 Å². The van der Waals surface area contributed by atoms with E-state index in [1.807, 2.05) is 6.92 Å². The molecule has 1 unspecified atom stereocenters. The summed E-state index contributed by atoms with van der Waals surface area (Å²) in [6.45, 7) is 1.28. The minimum absolute atomic E-state index is 0.121. The summed E-state index contributed by atoms with van der Waals surface area (Å²) in [6, 6.07) is 8.76. The highest BCUT2D eigenvalue weighted by Crippen LogP contribution is 2.35. The highest BCUT2D eigenvalue weighted by molar-refractivity contribution is 6.35. The van der Waals surface area contributed by atoms with Gasteiger partial charge < -0.3 is 30.4 Å². The van der Waals surface area contributed by atoms with E-state index in [4.69, 9.17) is 31.6 Å². The van der Waals surface area contributed by atoms with Crippen LogP contribution in [0.3, 0.4) is 0 Å². The predicted molar refractivity (Wildman–Crippen MR) is 108 cm³/mol. The van der Waals surface area contributed by atoms with E-state index in [0.717, 1.165) is 5.56 Å². The number of aliphatic hydroxyl groups is 2. The molecule has 2 aromatic carbocycles. The number of carbonyl (C=O) groups is 2. The molecule has 1 heterocycles. The largest absolute Gasteiger partial charge is 0.491 e. The van der Waals surface area contributed by atoms with Crippen molar-refractivity contribution in [2.45, 2.75) is 13.0 Å². The second-order valence-corrected chi connectivity index (χ2v) is 6.82. The normalized spacial score (nSPS) is 12.0. The van der Waals surface area contributed by atoms with Crippen molar-refractivity contribution >= 4 is 40.1 Å². The van der Waals surface area contributed by atoms with Crippen molar-refractivity contribution in [1.29, 1.82) is 0 Å². The summed E-state index contributed by atoms with van der Waals surface area (Å²) < 4.78 is 11.1. The van der Waals surface area contributed by atoms with Crippen LogP contribution in [0.2, 0.25) is 5.02 Å². The number of amides is 2. The van der Waals surface area contributed by atoms with Crippen molar-refractivity contribution in [2.75, 3.05) is 18.5 Å². The molecule has 0 saturated carbocycles. The van der Waals surface area contributed by atoms with Crippen LogP contribution in [0.4, 0.5) is 10.5 Å². The molecule has 3 rings (SSSR count). The van der Waals surface area contributed by atoms with Gasteiger partial charge in [0.2, 0.25) is 5.78 Å². The summed E-state index contributed by atoms with van der Waals surface area (Å²) in [5.41, 5.74) is 6.74. The third kappa shape index (κ3) is 4.51. The first-order chi connectivity index (χ1) is 13.8. The summed E-state index contributed by atoms with van der Waals surface area (Å²) >= 11 is 6.20. The number of anilines is 1. The molecule has 0 fully saturated rings. The number of furan rings is 1. The monoisotopic (exact) mass is 418 g/mol. The average Bonchev–Trinajstić information content (AvgIpc) is 3.02. The molecular weight excluding hydrogens is 400 g/mol. The Morgan fingerprint density at radius 2 is 2.03 bits per heavy atom. The van der Waals surface area contributed by atoms with Crippen LogP contribution in [0.15, 0.2) is 40.8 Å². The lowest BCUT2D eigenvalue weighted by Crippen LogP contribution is -2.21. The smallest absolute Gasteiger partial charge is 0.316 e. The summed E-state index contributed by atoms with van der Waals surface area (Å²) in [7, 11) is 0. The fraction of sp³-hybridized carbons (Fsp3) is 0.200. The number of fused-ring (bicyclic) bond motifs is 1. The van der Waals surface area contributed by atoms with E-state index in [-0.39, 0.29) is 34.2 Å². The van der Waals surface area contributed by atoms with Gasteiger partial charge in [-0.05, 0) is 36.8 Å². The number of hydrogen-bond donors (Lipinski definition) is 4. The molecule has 152 valence electrons. The van der Waals surface area contributed by atoms with Gasteiger partial charge in [-0.2, -0.15) is 0 Å². The molecule has 5 N–H and O–H groups in total. The van der Waals surface area contributed by atoms with Crippen LogP contribution < -0.4 is 15.8 Å². The molecule has 9 heteroatoms. The summed E-state index contributed by atoms with van der Waals surface area (Å²) in [5.74, 6) is -0.304. The number of nitrogens with one attached hydrogen (secondary N) is 1. The maximum atomic E-state index is 13.0. The number of benzene rings is 2. The Bertz CT molecular complexity index is 1080. The topological polar surface area (TPSA) is 135 Å². The fourth-order valence-corrected chi connectivity index (χ4v) is 3.07. The summed E-state index contributed by atoms with van der Waals surface area (Å²) in [4.78, 5) is 24.5. The highest BCUT2D eigenvalue weighted by Gasteiger charge is 2.25. The summed E-state index contributed by atoms with van der Waals surface area (Å²) in [6.07, 6.45) is -1.03. The standard InChI is InChI=1S/C20H19ClN2O6/c1-10-2-4-13(15(21)6-10)18(26)19-17(23-20(22)27)14-5-3-12(7-16(14)29-19)28-9-11(25)8-24/h2-7,11,24-25H,8-9H2,1H3,(H3,22,23,27). The van der Waals surface area contributed by atoms with E-state index in [2.05, 4.69) is 5.32 Å². The van der Waals surface area contributed by atoms with Crippen LogP contribution >= 0.6 is 11.6 Å². The molecule has 2 amide bonds. The van der Waals surface area contributed by atoms with E-state index in [1.165, 1.54) is 6.07 Å². The number of carbonyl (C=O) groups excluding carboxylic acids is 2. The fourth-order valence-electron chi connectivity index (χ4n) is 2.75. The third-order valence-corrected chi connectivity index (χ3v) is 4.45. The number of primary amides is 1. The van der Waals surface area contributed by atoms with Crippen LogP contribution in [0, 0.1) is 6.92 Å². The maximum Gasteiger partial charge on any atom is 0.316 e. The minimum Gasteiger partial charge on any atom is -0.491 e. The first-order valence-electron chi connectivity index (χ1n) is 8.65. The Morgan fingerprint density at radius 3 is 2.69 bits per heavy atom. The molecule has 0 radical (unpaired) electrons. The molecule has 0 bridgehead atoms. The van der Waals surface area contributed by atoms with E-state index < -0.39 is 24.5 Å². The average molecular weight is 419 g/mol. The van der Waals surface area contributed by atoms with Gasteiger partial charge in [0.25, 0.3) is 0 Å². The maximum absolute atomic E-state index is 13.0. The van der Waals surface area contributed by atoms with Gasteiger partial charge in [-0.1, -0.05) is 17.7 Å². The van der Waals surface area contributed by atoms with Crippen LogP contribution in [-0.4, -0.2) is 41.3 Å². The van der Waals surface area contributed by atoms with Gasteiger partial charge >= 0.3 is 6.03 Å². The van der Waals surface area contributed by atoms with Crippen molar-refractivity contribution < 1.29 is 29.0 Å². The summed E-state index contributed by atoms with van der Waals surface area (Å²) in [5, 5.41) is 21.4. The van der Waals surface area contributed by atoms with Crippen molar-refractivity contribution in [3.63, 3.8) is 0 Å². The van der Waals surface area contributed by atoms with E-state index >= 15 is 0 Å². The van der Waals surface area contributed by atoms with E-state index in [0.29, 0.717) is 11.1 Å².